The summed E-state index contributed by atoms with van der Waals surface area (Å²) in [5, 5.41) is 10.4. The summed E-state index contributed by atoms with van der Waals surface area (Å²) in [6.07, 6.45) is 3.46. The maximum atomic E-state index is 10.4. The van der Waals surface area contributed by atoms with Crippen molar-refractivity contribution in [2.45, 2.75) is 37.4 Å². The molecule has 2 heterocycles. The van der Waals surface area contributed by atoms with E-state index in [0.29, 0.717) is 6.42 Å². The monoisotopic (exact) mass is 325 g/mol. The van der Waals surface area contributed by atoms with Crippen molar-refractivity contribution in [2.24, 2.45) is 0 Å². The Labute approximate surface area is 122 Å². The molecule has 0 radical (unpaired) electrons. The number of nitrogens with zero attached hydrogens (tertiary/aromatic N) is 1. The molecule has 1 spiro atoms. The summed E-state index contributed by atoms with van der Waals surface area (Å²) in [5.74, 6) is 0.853. The van der Waals surface area contributed by atoms with E-state index >= 15 is 0 Å². The summed E-state index contributed by atoms with van der Waals surface area (Å²) < 4.78 is 7.30. The number of halogens is 1. The van der Waals surface area contributed by atoms with Crippen LogP contribution in [-0.4, -0.2) is 35.7 Å². The molecule has 0 aliphatic carbocycles. The van der Waals surface area contributed by atoms with Crippen molar-refractivity contribution in [1.82, 2.24) is 4.90 Å². The summed E-state index contributed by atoms with van der Waals surface area (Å²) in [6.45, 7) is 2.16. The molecule has 0 amide bonds. The zero-order chi connectivity index (χ0) is 13.5. The van der Waals surface area contributed by atoms with Crippen LogP contribution in [0.25, 0.3) is 0 Å². The van der Waals surface area contributed by atoms with Crippen LogP contribution in [0.5, 0.6) is 5.75 Å². The van der Waals surface area contributed by atoms with E-state index in [4.69, 9.17) is 4.74 Å². The van der Waals surface area contributed by atoms with E-state index in [1.54, 1.807) is 0 Å². The third kappa shape index (κ3) is 2.67. The van der Waals surface area contributed by atoms with Gasteiger partial charge < -0.3 is 14.7 Å². The standard InChI is InChI=1S/C15H20BrNO2/c1-17-7-2-5-15(6-8-17)10-13(18)12-9-11(16)3-4-14(12)19-15/h3-4,9,13,18H,2,5-8,10H2,1H3/t13-,15?/m0/s1. The van der Waals surface area contributed by atoms with Gasteiger partial charge in [-0.15, -0.1) is 0 Å². The molecule has 0 bridgehead atoms. The molecule has 2 aliphatic heterocycles. The van der Waals surface area contributed by atoms with E-state index in [-0.39, 0.29) is 5.60 Å². The number of ether oxygens (including phenoxy) is 1. The maximum Gasteiger partial charge on any atom is 0.126 e. The molecule has 0 saturated carbocycles. The molecule has 1 aromatic rings. The van der Waals surface area contributed by atoms with E-state index in [1.807, 2.05) is 18.2 Å². The topological polar surface area (TPSA) is 32.7 Å². The third-order valence-electron chi connectivity index (χ3n) is 4.34. The average Bonchev–Trinajstić information content (AvgIpc) is 2.54. The summed E-state index contributed by atoms with van der Waals surface area (Å²) in [7, 11) is 2.16. The highest BCUT2D eigenvalue weighted by molar-refractivity contribution is 9.10. The summed E-state index contributed by atoms with van der Waals surface area (Å²) in [4.78, 5) is 2.35. The third-order valence-corrected chi connectivity index (χ3v) is 4.84. The molecule has 3 nitrogen and oxygen atoms in total. The predicted octanol–water partition coefficient (Wildman–Crippen LogP) is 3.12. The Kier molecular flexibility index (Phi) is 3.58. The van der Waals surface area contributed by atoms with Gasteiger partial charge in [-0.3, -0.25) is 0 Å². The van der Waals surface area contributed by atoms with Gasteiger partial charge in [-0.25, -0.2) is 0 Å². The van der Waals surface area contributed by atoms with Crippen LogP contribution in [0.3, 0.4) is 0 Å². The zero-order valence-corrected chi connectivity index (χ0v) is 12.8. The van der Waals surface area contributed by atoms with Crippen LogP contribution in [0, 0.1) is 0 Å². The summed E-state index contributed by atoms with van der Waals surface area (Å²) >= 11 is 3.45. The van der Waals surface area contributed by atoms with Gasteiger partial charge in [0.15, 0.2) is 0 Å². The second-order valence-electron chi connectivity index (χ2n) is 5.84. The zero-order valence-electron chi connectivity index (χ0n) is 11.2. The van der Waals surface area contributed by atoms with Gasteiger partial charge in [0.25, 0.3) is 0 Å². The van der Waals surface area contributed by atoms with Crippen molar-refractivity contribution in [3.8, 4) is 5.75 Å². The Morgan fingerprint density at radius 2 is 2.21 bits per heavy atom. The molecule has 1 saturated heterocycles. The first-order valence-corrected chi connectivity index (χ1v) is 7.72. The number of aliphatic hydroxyl groups excluding tert-OH is 1. The van der Waals surface area contributed by atoms with E-state index in [9.17, 15) is 5.11 Å². The highest BCUT2D eigenvalue weighted by Crippen LogP contribution is 2.44. The molecular weight excluding hydrogens is 306 g/mol. The summed E-state index contributed by atoms with van der Waals surface area (Å²) in [6, 6.07) is 5.92. The Morgan fingerprint density at radius 1 is 1.37 bits per heavy atom. The van der Waals surface area contributed by atoms with Gasteiger partial charge in [-0.2, -0.15) is 0 Å². The van der Waals surface area contributed by atoms with Crippen LogP contribution < -0.4 is 4.74 Å². The Balaban J connectivity index is 1.89. The molecular formula is C15H20BrNO2. The van der Waals surface area contributed by atoms with Crippen molar-refractivity contribution in [3.63, 3.8) is 0 Å². The SMILES string of the molecule is CN1CCCC2(CC1)C[C@H](O)c1cc(Br)ccc1O2. The van der Waals surface area contributed by atoms with Gasteiger partial charge in [-0.05, 0) is 51.1 Å². The van der Waals surface area contributed by atoms with E-state index in [1.165, 1.54) is 0 Å². The number of rotatable bonds is 0. The number of likely N-dealkylation sites (tertiary alicyclic amines) is 1. The van der Waals surface area contributed by atoms with Crippen molar-refractivity contribution >= 4 is 15.9 Å². The Morgan fingerprint density at radius 3 is 3.05 bits per heavy atom. The fourth-order valence-corrected chi connectivity index (χ4v) is 3.60. The highest BCUT2D eigenvalue weighted by atomic mass is 79.9. The molecule has 2 atom stereocenters. The fraction of sp³-hybridized carbons (Fsp3) is 0.600. The number of aliphatic hydroxyl groups is 1. The first-order chi connectivity index (χ1) is 9.08. The van der Waals surface area contributed by atoms with E-state index in [0.717, 1.165) is 48.1 Å². The van der Waals surface area contributed by atoms with Crippen LogP contribution in [0.2, 0.25) is 0 Å². The minimum atomic E-state index is -0.412. The van der Waals surface area contributed by atoms with Crippen molar-refractivity contribution in [2.75, 3.05) is 20.1 Å². The van der Waals surface area contributed by atoms with Gasteiger partial charge in [0.2, 0.25) is 0 Å². The fourth-order valence-electron chi connectivity index (χ4n) is 3.22. The second-order valence-corrected chi connectivity index (χ2v) is 6.76. The second kappa shape index (κ2) is 5.08. The predicted molar refractivity (Wildman–Crippen MR) is 78.4 cm³/mol. The first kappa shape index (κ1) is 13.4. The molecule has 3 rings (SSSR count). The molecule has 2 aliphatic rings. The lowest BCUT2D eigenvalue weighted by atomic mass is 9.83. The lowest BCUT2D eigenvalue weighted by Crippen LogP contribution is -2.41. The maximum absolute atomic E-state index is 10.4. The molecule has 1 fully saturated rings. The lowest BCUT2D eigenvalue weighted by molar-refractivity contribution is -0.0236. The average molecular weight is 326 g/mol. The number of benzene rings is 1. The summed E-state index contributed by atoms with van der Waals surface area (Å²) in [5.41, 5.74) is 0.739. The smallest absolute Gasteiger partial charge is 0.126 e. The van der Waals surface area contributed by atoms with Crippen molar-refractivity contribution in [3.05, 3.63) is 28.2 Å². The molecule has 104 valence electrons. The van der Waals surface area contributed by atoms with Crippen LogP contribution in [0.1, 0.15) is 37.4 Å². The van der Waals surface area contributed by atoms with Crippen LogP contribution >= 0.6 is 15.9 Å². The number of hydrogen-bond donors (Lipinski definition) is 1. The molecule has 19 heavy (non-hydrogen) atoms. The highest BCUT2D eigenvalue weighted by Gasteiger charge is 2.41. The lowest BCUT2D eigenvalue weighted by Gasteiger charge is -2.40. The number of hydrogen-bond acceptors (Lipinski definition) is 3. The normalized spacial score (nSPS) is 31.6. The molecule has 1 unspecified atom stereocenters. The molecule has 0 aromatic heterocycles. The van der Waals surface area contributed by atoms with Gasteiger partial charge >= 0.3 is 0 Å². The molecule has 1 aromatic carbocycles. The minimum Gasteiger partial charge on any atom is -0.487 e. The van der Waals surface area contributed by atoms with Crippen LogP contribution in [-0.2, 0) is 0 Å². The Bertz CT molecular complexity index is 479. The minimum absolute atomic E-state index is 0.176. The van der Waals surface area contributed by atoms with E-state index in [2.05, 4.69) is 27.9 Å². The van der Waals surface area contributed by atoms with Crippen molar-refractivity contribution < 1.29 is 9.84 Å². The number of fused-ring (bicyclic) bond motifs is 1. The Hall–Kier alpha value is -0.580. The molecule has 1 N–H and O–H groups in total. The van der Waals surface area contributed by atoms with Gasteiger partial charge in [0.1, 0.15) is 11.4 Å². The van der Waals surface area contributed by atoms with Crippen LogP contribution in [0.15, 0.2) is 22.7 Å². The quantitative estimate of drug-likeness (QED) is 0.795. The molecule has 4 heteroatoms. The largest absolute Gasteiger partial charge is 0.487 e. The van der Waals surface area contributed by atoms with Gasteiger partial charge in [0.05, 0.1) is 6.10 Å². The van der Waals surface area contributed by atoms with Crippen molar-refractivity contribution in [1.29, 1.82) is 0 Å². The van der Waals surface area contributed by atoms with Crippen LogP contribution in [0.4, 0.5) is 0 Å². The first-order valence-electron chi connectivity index (χ1n) is 6.93. The van der Waals surface area contributed by atoms with Gasteiger partial charge in [-0.1, -0.05) is 15.9 Å². The van der Waals surface area contributed by atoms with E-state index < -0.39 is 6.10 Å². The van der Waals surface area contributed by atoms with Gasteiger partial charge in [0, 0.05) is 23.0 Å².